The molecule has 7 N–H and O–H groups in total. The standard InChI is InChI=1S/C17H30N4O8/c1-4-5-19-16(27)10(18)6-12(24)21-17-13(20-8(2)22)15(26)14(25)11(29-17)7-28-9(3)23/h10-11,13-15,17,25-26H,4-7,18H2,1-3H3,(H,19,27)(H,20,22)(H,21,24)/t10?,11-,13-,14-,15-,17-/m1/s1. The van der Waals surface area contributed by atoms with Crippen molar-refractivity contribution in [1.29, 1.82) is 0 Å². The van der Waals surface area contributed by atoms with E-state index in [1.54, 1.807) is 0 Å². The smallest absolute Gasteiger partial charge is 0.302 e. The van der Waals surface area contributed by atoms with Crippen molar-refractivity contribution in [2.24, 2.45) is 5.73 Å². The van der Waals surface area contributed by atoms with Gasteiger partial charge in [0.15, 0.2) is 6.23 Å². The first-order chi connectivity index (χ1) is 13.6. The molecule has 12 heteroatoms. The van der Waals surface area contributed by atoms with E-state index in [4.69, 9.17) is 15.2 Å². The fourth-order valence-corrected chi connectivity index (χ4v) is 2.71. The van der Waals surface area contributed by atoms with Gasteiger partial charge >= 0.3 is 5.97 Å². The van der Waals surface area contributed by atoms with Gasteiger partial charge in [-0.05, 0) is 6.42 Å². The van der Waals surface area contributed by atoms with Crippen molar-refractivity contribution in [3.8, 4) is 0 Å². The van der Waals surface area contributed by atoms with Crippen LogP contribution < -0.4 is 21.7 Å². The molecule has 166 valence electrons. The van der Waals surface area contributed by atoms with Gasteiger partial charge in [0.2, 0.25) is 17.7 Å². The molecule has 1 aliphatic heterocycles. The molecular weight excluding hydrogens is 388 g/mol. The molecule has 1 aliphatic rings. The zero-order valence-corrected chi connectivity index (χ0v) is 16.7. The van der Waals surface area contributed by atoms with E-state index in [9.17, 15) is 29.4 Å². The molecule has 1 heterocycles. The minimum atomic E-state index is -1.51. The molecule has 1 unspecified atom stereocenters. The van der Waals surface area contributed by atoms with E-state index in [-0.39, 0.29) is 13.0 Å². The number of nitrogens with one attached hydrogen (secondary N) is 3. The Hall–Kier alpha value is -2.28. The lowest BCUT2D eigenvalue weighted by Gasteiger charge is -2.42. The Balaban J connectivity index is 2.82. The van der Waals surface area contributed by atoms with Crippen molar-refractivity contribution in [3.05, 3.63) is 0 Å². The number of esters is 1. The van der Waals surface area contributed by atoms with Gasteiger partial charge in [0.25, 0.3) is 0 Å². The molecule has 1 rings (SSSR count). The summed E-state index contributed by atoms with van der Waals surface area (Å²) in [5.74, 6) is -2.31. The van der Waals surface area contributed by atoms with Gasteiger partial charge in [0, 0.05) is 20.4 Å². The summed E-state index contributed by atoms with van der Waals surface area (Å²) in [7, 11) is 0. The Morgan fingerprint density at radius 1 is 1.14 bits per heavy atom. The van der Waals surface area contributed by atoms with Crippen LogP contribution in [0.25, 0.3) is 0 Å². The number of aliphatic hydroxyl groups excluding tert-OH is 2. The molecular formula is C17H30N4O8. The van der Waals surface area contributed by atoms with Crippen LogP contribution in [0.4, 0.5) is 0 Å². The molecule has 0 aliphatic carbocycles. The number of amides is 3. The van der Waals surface area contributed by atoms with E-state index in [2.05, 4.69) is 16.0 Å². The van der Waals surface area contributed by atoms with Gasteiger partial charge in [-0.2, -0.15) is 0 Å². The quantitative estimate of drug-likeness (QED) is 0.210. The molecule has 0 bridgehead atoms. The van der Waals surface area contributed by atoms with Gasteiger partial charge in [-0.1, -0.05) is 6.92 Å². The van der Waals surface area contributed by atoms with Crippen molar-refractivity contribution in [2.45, 2.75) is 70.2 Å². The molecule has 12 nitrogen and oxygen atoms in total. The van der Waals surface area contributed by atoms with Crippen molar-refractivity contribution >= 4 is 23.7 Å². The molecule has 0 radical (unpaired) electrons. The van der Waals surface area contributed by atoms with Crippen molar-refractivity contribution in [2.75, 3.05) is 13.2 Å². The summed E-state index contributed by atoms with van der Waals surface area (Å²) >= 11 is 0. The molecule has 0 saturated carbocycles. The molecule has 29 heavy (non-hydrogen) atoms. The summed E-state index contributed by atoms with van der Waals surface area (Å²) in [5, 5.41) is 27.9. The number of nitrogens with two attached hydrogens (primary N) is 1. The number of hydrogen-bond acceptors (Lipinski definition) is 9. The van der Waals surface area contributed by atoms with Crippen LogP contribution in [-0.4, -0.2) is 83.7 Å². The molecule has 6 atom stereocenters. The Morgan fingerprint density at radius 2 is 1.79 bits per heavy atom. The number of rotatable bonds is 9. The Kier molecular flexibility index (Phi) is 9.95. The van der Waals surface area contributed by atoms with Crippen LogP contribution in [0.3, 0.4) is 0 Å². The fourth-order valence-electron chi connectivity index (χ4n) is 2.71. The van der Waals surface area contributed by atoms with Crippen molar-refractivity contribution < 1.29 is 38.9 Å². The van der Waals surface area contributed by atoms with Crippen LogP contribution in [0.2, 0.25) is 0 Å². The SMILES string of the molecule is CCCNC(=O)C(N)CC(=O)N[C@@H]1O[C@H](COC(C)=O)[C@@H](O)[C@H](O)[C@H]1NC(C)=O. The third-order valence-electron chi connectivity index (χ3n) is 4.16. The summed E-state index contributed by atoms with van der Waals surface area (Å²) in [5.41, 5.74) is 5.71. The second-order valence-electron chi connectivity index (χ2n) is 6.77. The highest BCUT2D eigenvalue weighted by Gasteiger charge is 2.46. The van der Waals surface area contributed by atoms with E-state index in [0.717, 1.165) is 6.92 Å². The maximum absolute atomic E-state index is 12.3. The van der Waals surface area contributed by atoms with Crippen LogP contribution in [0.15, 0.2) is 0 Å². The molecule has 0 aromatic rings. The lowest BCUT2D eigenvalue weighted by atomic mass is 9.95. The number of carbonyl (C=O) groups is 4. The lowest BCUT2D eigenvalue weighted by Crippen LogP contribution is -2.68. The molecule has 0 aromatic heterocycles. The summed E-state index contributed by atoms with van der Waals surface area (Å²) in [4.78, 5) is 46.6. The van der Waals surface area contributed by atoms with Crippen molar-refractivity contribution in [3.63, 3.8) is 0 Å². The highest BCUT2D eigenvalue weighted by atomic mass is 16.6. The molecule has 0 aromatic carbocycles. The van der Waals surface area contributed by atoms with Crippen LogP contribution >= 0.6 is 0 Å². The summed E-state index contributed by atoms with van der Waals surface area (Å²) in [6, 6.07) is -2.28. The Labute approximate surface area is 168 Å². The number of aliphatic hydroxyl groups is 2. The first-order valence-corrected chi connectivity index (χ1v) is 9.31. The van der Waals surface area contributed by atoms with E-state index < -0.39 is 60.3 Å². The monoisotopic (exact) mass is 418 g/mol. The van der Waals surface area contributed by atoms with E-state index in [0.29, 0.717) is 13.0 Å². The topological polar surface area (TPSA) is 189 Å². The zero-order chi connectivity index (χ0) is 22.1. The first-order valence-electron chi connectivity index (χ1n) is 9.31. The maximum atomic E-state index is 12.3. The van der Waals surface area contributed by atoms with E-state index in [1.807, 2.05) is 6.92 Å². The minimum absolute atomic E-state index is 0.366. The second-order valence-corrected chi connectivity index (χ2v) is 6.77. The van der Waals surface area contributed by atoms with Gasteiger partial charge in [0.05, 0.1) is 12.5 Å². The van der Waals surface area contributed by atoms with Crippen molar-refractivity contribution in [1.82, 2.24) is 16.0 Å². The predicted molar refractivity (Wildman–Crippen MR) is 98.9 cm³/mol. The third-order valence-corrected chi connectivity index (χ3v) is 4.16. The van der Waals surface area contributed by atoms with E-state index in [1.165, 1.54) is 6.92 Å². The number of hydrogen-bond donors (Lipinski definition) is 6. The molecule has 0 spiro atoms. The van der Waals surface area contributed by atoms with Crippen LogP contribution in [-0.2, 0) is 28.7 Å². The molecule has 3 amide bonds. The summed E-state index contributed by atoms with van der Waals surface area (Å²) < 4.78 is 10.3. The zero-order valence-electron chi connectivity index (χ0n) is 16.7. The van der Waals surface area contributed by atoms with Crippen LogP contribution in [0.5, 0.6) is 0 Å². The average molecular weight is 418 g/mol. The Bertz CT molecular complexity index is 600. The van der Waals surface area contributed by atoms with Gasteiger partial charge in [-0.15, -0.1) is 0 Å². The Morgan fingerprint density at radius 3 is 2.34 bits per heavy atom. The predicted octanol–water partition coefficient (Wildman–Crippen LogP) is -3.14. The molecule has 1 fully saturated rings. The van der Waals surface area contributed by atoms with Gasteiger partial charge in [-0.3, -0.25) is 19.2 Å². The third kappa shape index (κ3) is 7.93. The molecule has 1 saturated heterocycles. The number of carbonyl (C=O) groups excluding carboxylic acids is 4. The fraction of sp³-hybridized carbons (Fsp3) is 0.765. The lowest BCUT2D eigenvalue weighted by molar-refractivity contribution is -0.208. The highest BCUT2D eigenvalue weighted by molar-refractivity contribution is 5.88. The average Bonchev–Trinajstić information content (AvgIpc) is 2.63. The largest absolute Gasteiger partial charge is 0.463 e. The first kappa shape index (κ1) is 24.8. The number of ether oxygens (including phenoxy) is 2. The van der Waals surface area contributed by atoms with Crippen LogP contribution in [0.1, 0.15) is 33.6 Å². The van der Waals surface area contributed by atoms with Gasteiger partial charge in [-0.25, -0.2) is 0 Å². The normalized spacial score (nSPS) is 27.4. The highest BCUT2D eigenvalue weighted by Crippen LogP contribution is 2.21. The maximum Gasteiger partial charge on any atom is 0.302 e. The van der Waals surface area contributed by atoms with Gasteiger partial charge < -0.3 is 41.4 Å². The van der Waals surface area contributed by atoms with E-state index >= 15 is 0 Å². The van der Waals surface area contributed by atoms with Gasteiger partial charge in [0.1, 0.15) is 31.0 Å². The van der Waals surface area contributed by atoms with Crippen LogP contribution in [0, 0.1) is 0 Å². The summed E-state index contributed by atoms with van der Waals surface area (Å²) in [6.45, 7) is 4.28. The minimum Gasteiger partial charge on any atom is -0.463 e. The second kappa shape index (κ2) is 11.7. The summed E-state index contributed by atoms with van der Waals surface area (Å²) in [6.07, 6.45) is -5.05.